The highest BCUT2D eigenvalue weighted by molar-refractivity contribution is 7.12. The molecule has 0 atom stereocenters. The molecule has 3 aromatic heterocycles. The Balaban J connectivity index is 1.80. The van der Waals surface area contributed by atoms with Gasteiger partial charge in [-0.15, -0.1) is 5.10 Å². The molecular weight excluding hydrogens is 480 g/mol. The predicted molar refractivity (Wildman–Crippen MR) is 123 cm³/mol. The summed E-state index contributed by atoms with van der Waals surface area (Å²) in [5.74, 6) is -1.75. The van der Waals surface area contributed by atoms with Gasteiger partial charge in [0.25, 0.3) is 0 Å². The van der Waals surface area contributed by atoms with Crippen LogP contribution in [0.2, 0.25) is 0 Å². The van der Waals surface area contributed by atoms with Crippen molar-refractivity contribution in [3.8, 4) is 28.4 Å². The summed E-state index contributed by atoms with van der Waals surface area (Å²) in [6.07, 6.45) is -1.73. The SMILES string of the molecule is COc1ccc(-c2nc(C)n(-c3ccc4snnc4c3)c(=O)c2OC(=O)O)c2oc(C(=O)O)cc12. The second-order valence-corrected chi connectivity index (χ2v) is 8.03. The van der Waals surface area contributed by atoms with Gasteiger partial charge < -0.3 is 24.1 Å². The normalized spacial score (nSPS) is 11.1. The van der Waals surface area contributed by atoms with Crippen LogP contribution >= 0.6 is 11.5 Å². The van der Waals surface area contributed by atoms with Gasteiger partial charge in [0.15, 0.2) is 0 Å². The molecule has 0 aliphatic carbocycles. The maximum Gasteiger partial charge on any atom is 0.511 e. The molecule has 13 heteroatoms. The van der Waals surface area contributed by atoms with Crippen molar-refractivity contribution in [2.75, 3.05) is 7.11 Å². The monoisotopic (exact) mass is 494 g/mol. The van der Waals surface area contributed by atoms with Crippen LogP contribution in [0.15, 0.2) is 45.6 Å². The third kappa shape index (κ3) is 3.63. The lowest BCUT2D eigenvalue weighted by atomic mass is 10.1. The number of carbonyl (C=O) groups is 2. The summed E-state index contributed by atoms with van der Waals surface area (Å²) >= 11 is 1.19. The number of ether oxygens (including phenoxy) is 2. The summed E-state index contributed by atoms with van der Waals surface area (Å²) in [7, 11) is 1.40. The van der Waals surface area contributed by atoms with Gasteiger partial charge in [-0.2, -0.15) is 0 Å². The van der Waals surface area contributed by atoms with Crippen molar-refractivity contribution < 1.29 is 33.7 Å². The van der Waals surface area contributed by atoms with Crippen LogP contribution in [0.25, 0.3) is 38.1 Å². The average molecular weight is 494 g/mol. The molecule has 3 heterocycles. The number of aromatic carboxylic acids is 1. The maximum atomic E-state index is 13.5. The first kappa shape index (κ1) is 22.0. The Morgan fingerprint density at radius 3 is 2.66 bits per heavy atom. The van der Waals surface area contributed by atoms with E-state index in [1.165, 1.54) is 41.4 Å². The number of rotatable bonds is 5. The Hall–Kier alpha value is -4.78. The quantitative estimate of drug-likeness (QED) is 0.342. The van der Waals surface area contributed by atoms with Crippen LogP contribution in [0, 0.1) is 6.92 Å². The van der Waals surface area contributed by atoms with Gasteiger partial charge in [0.2, 0.25) is 11.5 Å². The molecule has 0 spiro atoms. The zero-order valence-corrected chi connectivity index (χ0v) is 18.8. The van der Waals surface area contributed by atoms with E-state index >= 15 is 0 Å². The Bertz CT molecular complexity index is 1720. The highest BCUT2D eigenvalue weighted by Gasteiger charge is 2.26. The molecule has 0 amide bonds. The van der Waals surface area contributed by atoms with Gasteiger partial charge in [-0.25, -0.2) is 14.6 Å². The molecule has 0 saturated carbocycles. The molecule has 0 fully saturated rings. The van der Waals surface area contributed by atoms with Crippen LogP contribution in [-0.2, 0) is 0 Å². The van der Waals surface area contributed by atoms with E-state index in [1.54, 1.807) is 25.1 Å². The van der Waals surface area contributed by atoms with Crippen molar-refractivity contribution in [3.05, 3.63) is 58.3 Å². The van der Waals surface area contributed by atoms with Gasteiger partial charge in [0.1, 0.15) is 28.4 Å². The van der Waals surface area contributed by atoms with E-state index in [9.17, 15) is 24.6 Å². The number of methoxy groups -OCH3 is 1. The van der Waals surface area contributed by atoms with Crippen LogP contribution in [0.4, 0.5) is 4.79 Å². The molecule has 0 bridgehead atoms. The minimum atomic E-state index is -1.73. The number of nitrogens with zero attached hydrogens (tertiary/aromatic N) is 4. The fourth-order valence-corrected chi connectivity index (χ4v) is 4.29. The molecular formula is C22H14N4O8S. The Labute approximate surface area is 198 Å². The number of carboxylic acid groups (broad SMARTS) is 2. The van der Waals surface area contributed by atoms with E-state index in [0.717, 1.165) is 4.70 Å². The molecule has 0 unspecified atom stereocenters. The predicted octanol–water partition coefficient (Wildman–Crippen LogP) is 3.72. The van der Waals surface area contributed by atoms with Crippen LogP contribution in [-0.4, -0.2) is 48.6 Å². The first-order chi connectivity index (χ1) is 16.8. The number of benzene rings is 2. The second-order valence-electron chi connectivity index (χ2n) is 7.24. The standard InChI is InChI=1S/C22H14N4O8S/c1-9-23-17(11-4-5-14(32-2)12-8-15(21(28)29)33-18(11)12)19(34-22(30)31)20(27)26(9)10-3-6-16-13(7-10)24-25-35-16/h3-8H,1-2H3,(H,28,29)(H,30,31). The minimum absolute atomic E-state index is 0.0380. The van der Waals surface area contributed by atoms with E-state index < -0.39 is 23.4 Å². The van der Waals surface area contributed by atoms with Crippen molar-refractivity contribution in [3.63, 3.8) is 0 Å². The Morgan fingerprint density at radius 2 is 1.94 bits per heavy atom. The number of carboxylic acids is 1. The van der Waals surface area contributed by atoms with Crippen molar-refractivity contribution in [1.82, 2.24) is 19.1 Å². The number of fused-ring (bicyclic) bond motifs is 2. The van der Waals surface area contributed by atoms with E-state index in [-0.39, 0.29) is 28.4 Å². The summed E-state index contributed by atoms with van der Waals surface area (Å²) < 4.78 is 21.5. The molecule has 2 N–H and O–H groups in total. The molecule has 2 aromatic carbocycles. The number of aromatic nitrogens is 4. The second kappa shape index (κ2) is 8.22. The number of hydrogen-bond donors (Lipinski definition) is 2. The fourth-order valence-electron chi connectivity index (χ4n) is 3.76. The first-order valence-corrected chi connectivity index (χ1v) is 10.7. The number of furan rings is 1. The maximum absolute atomic E-state index is 13.5. The highest BCUT2D eigenvalue weighted by atomic mass is 32.1. The highest BCUT2D eigenvalue weighted by Crippen LogP contribution is 2.38. The van der Waals surface area contributed by atoms with Crippen LogP contribution in [0.1, 0.15) is 16.4 Å². The van der Waals surface area contributed by atoms with Crippen molar-refractivity contribution in [2.24, 2.45) is 0 Å². The molecule has 0 aliphatic heterocycles. The summed E-state index contributed by atoms with van der Waals surface area (Å²) in [6, 6.07) is 9.27. The molecule has 5 aromatic rings. The summed E-state index contributed by atoms with van der Waals surface area (Å²) in [6.45, 7) is 1.56. The van der Waals surface area contributed by atoms with Gasteiger partial charge in [-0.1, -0.05) is 4.49 Å². The smallest absolute Gasteiger partial charge is 0.496 e. The fraction of sp³-hybridized carbons (Fsp3) is 0.0909. The molecule has 35 heavy (non-hydrogen) atoms. The van der Waals surface area contributed by atoms with Crippen LogP contribution in [0.5, 0.6) is 11.5 Å². The van der Waals surface area contributed by atoms with Gasteiger partial charge in [0, 0.05) is 11.6 Å². The van der Waals surface area contributed by atoms with E-state index in [4.69, 9.17) is 13.9 Å². The minimum Gasteiger partial charge on any atom is -0.496 e. The summed E-state index contributed by atoms with van der Waals surface area (Å²) in [5.41, 5.74) is 0.185. The largest absolute Gasteiger partial charge is 0.511 e. The van der Waals surface area contributed by atoms with Gasteiger partial charge in [-0.3, -0.25) is 9.36 Å². The lowest BCUT2D eigenvalue weighted by Crippen LogP contribution is -2.26. The number of hydrogen-bond acceptors (Lipinski definition) is 10. The third-order valence-corrected chi connectivity index (χ3v) is 5.92. The summed E-state index contributed by atoms with van der Waals surface area (Å²) in [4.78, 5) is 41.0. The Kier molecular flexibility index (Phi) is 5.17. The van der Waals surface area contributed by atoms with Crippen LogP contribution < -0.4 is 15.0 Å². The van der Waals surface area contributed by atoms with E-state index in [0.29, 0.717) is 22.3 Å². The van der Waals surface area contributed by atoms with Gasteiger partial charge in [-0.05, 0) is 48.8 Å². The first-order valence-electron chi connectivity index (χ1n) is 9.89. The van der Waals surface area contributed by atoms with Crippen molar-refractivity contribution in [2.45, 2.75) is 6.92 Å². The molecule has 0 aliphatic rings. The van der Waals surface area contributed by atoms with Crippen molar-refractivity contribution >= 4 is 44.8 Å². The zero-order chi connectivity index (χ0) is 24.9. The molecule has 5 rings (SSSR count). The van der Waals surface area contributed by atoms with E-state index in [1.807, 2.05) is 0 Å². The lowest BCUT2D eigenvalue weighted by Gasteiger charge is -2.15. The van der Waals surface area contributed by atoms with Crippen LogP contribution in [0.3, 0.4) is 0 Å². The topological polar surface area (TPSA) is 167 Å². The molecule has 0 saturated heterocycles. The zero-order valence-electron chi connectivity index (χ0n) is 18.0. The van der Waals surface area contributed by atoms with E-state index in [2.05, 4.69) is 14.6 Å². The molecule has 0 radical (unpaired) electrons. The Morgan fingerprint density at radius 1 is 1.14 bits per heavy atom. The average Bonchev–Trinajstić information content (AvgIpc) is 3.47. The number of aryl methyl sites for hydroxylation is 1. The molecule has 176 valence electrons. The molecule has 12 nitrogen and oxygen atoms in total. The third-order valence-electron chi connectivity index (χ3n) is 5.22. The van der Waals surface area contributed by atoms with Crippen molar-refractivity contribution in [1.29, 1.82) is 0 Å². The van der Waals surface area contributed by atoms with Gasteiger partial charge >= 0.3 is 17.7 Å². The van der Waals surface area contributed by atoms with Gasteiger partial charge in [0.05, 0.1) is 22.9 Å². The summed E-state index contributed by atoms with van der Waals surface area (Å²) in [5, 5.41) is 23.0. The lowest BCUT2D eigenvalue weighted by molar-refractivity contribution is 0.0665.